The second-order valence-corrected chi connectivity index (χ2v) is 9.56. The van der Waals surface area contributed by atoms with Crippen molar-refractivity contribution in [3.63, 3.8) is 0 Å². The van der Waals surface area contributed by atoms with Gasteiger partial charge in [-0.25, -0.2) is 0 Å². The van der Waals surface area contributed by atoms with E-state index in [9.17, 15) is 5.26 Å². The van der Waals surface area contributed by atoms with Crippen LogP contribution >= 0.6 is 23.2 Å². The zero-order valence-corrected chi connectivity index (χ0v) is 21.1. The Kier molecular flexibility index (Phi) is 8.48. The number of piperazine rings is 1. The quantitative estimate of drug-likeness (QED) is 0.443. The summed E-state index contributed by atoms with van der Waals surface area (Å²) in [6, 6.07) is 19.7. The molecule has 0 radical (unpaired) electrons. The number of benzene rings is 2. The van der Waals surface area contributed by atoms with Gasteiger partial charge in [-0.1, -0.05) is 42.3 Å². The third-order valence-corrected chi connectivity index (χ3v) is 6.74. The molecule has 1 aromatic heterocycles. The van der Waals surface area contributed by atoms with Gasteiger partial charge in [-0.2, -0.15) is 5.26 Å². The molecule has 2 heterocycles. The first-order valence-corrected chi connectivity index (χ1v) is 12.4. The Bertz CT molecular complexity index is 1170. The fourth-order valence-corrected chi connectivity index (χ4v) is 4.77. The van der Waals surface area contributed by atoms with Crippen LogP contribution in [0.4, 0.5) is 5.69 Å². The second kappa shape index (κ2) is 11.7. The van der Waals surface area contributed by atoms with Crippen LogP contribution in [0.1, 0.15) is 35.7 Å². The molecule has 1 unspecified atom stereocenters. The number of aliphatic hydroxyl groups is 1. The fraction of sp³-hybridized carbons (Fsp3) is 0.333. The number of nitriles is 1. The predicted octanol–water partition coefficient (Wildman–Crippen LogP) is 5.30. The summed E-state index contributed by atoms with van der Waals surface area (Å²) in [7, 11) is 0. The summed E-state index contributed by atoms with van der Waals surface area (Å²) >= 11 is 12.2. The maximum Gasteiger partial charge on any atom is 0.120 e. The molecule has 1 fully saturated rings. The third-order valence-electron chi connectivity index (χ3n) is 6.26. The molecule has 35 heavy (non-hydrogen) atoms. The normalized spacial score (nSPS) is 17.1. The molecule has 3 aromatic rings. The monoisotopic (exact) mass is 510 g/mol. The van der Waals surface area contributed by atoms with E-state index < -0.39 is 0 Å². The molecule has 0 saturated carbocycles. The molecule has 1 saturated heterocycles. The van der Waals surface area contributed by atoms with Crippen LogP contribution in [0, 0.1) is 11.3 Å². The first-order chi connectivity index (χ1) is 17.0. The van der Waals surface area contributed by atoms with Crippen molar-refractivity contribution in [3.8, 4) is 11.8 Å². The van der Waals surface area contributed by atoms with Crippen molar-refractivity contribution in [2.24, 2.45) is 0 Å². The number of halogens is 2. The van der Waals surface area contributed by atoms with Gasteiger partial charge in [0.1, 0.15) is 18.4 Å². The number of anilines is 1. The standard InChI is InChI=1S/C27H28Cl2N4O2/c1-19(25-8-6-23(29)16-31-25)17-32-10-11-33(27(18-32)20-2-4-22(28)5-3-20)26-9-7-24(35-13-12-34)14-21(26)15-30/h2-9,14,16,19,27,34H,10-13,17-18H2,1H3/t19?,27-/m0/s1. The first kappa shape index (κ1) is 25.3. The Labute approximate surface area is 216 Å². The van der Waals surface area contributed by atoms with Crippen molar-refractivity contribution >= 4 is 28.9 Å². The van der Waals surface area contributed by atoms with Gasteiger partial charge >= 0.3 is 0 Å². The van der Waals surface area contributed by atoms with Gasteiger partial charge in [0.15, 0.2) is 0 Å². The minimum atomic E-state index is -0.0752. The van der Waals surface area contributed by atoms with Gasteiger partial charge in [-0.05, 0) is 48.0 Å². The zero-order chi connectivity index (χ0) is 24.8. The molecule has 6 nitrogen and oxygen atoms in total. The van der Waals surface area contributed by atoms with Gasteiger partial charge in [0.05, 0.1) is 28.9 Å². The molecule has 1 aliphatic rings. The number of aromatic nitrogens is 1. The Morgan fingerprint density at radius 1 is 1.11 bits per heavy atom. The molecule has 182 valence electrons. The molecular formula is C27H28Cl2N4O2. The molecule has 0 amide bonds. The van der Waals surface area contributed by atoms with E-state index in [1.165, 1.54) is 0 Å². The highest BCUT2D eigenvalue weighted by atomic mass is 35.5. The number of hydrogen-bond donors (Lipinski definition) is 1. The SMILES string of the molecule is CC(CN1CCN(c2ccc(OCCO)cc2C#N)[C@H](c2ccc(Cl)cc2)C1)c1ccc(Cl)cn1. The highest BCUT2D eigenvalue weighted by Gasteiger charge is 2.31. The molecule has 0 bridgehead atoms. The highest BCUT2D eigenvalue weighted by Crippen LogP contribution is 2.35. The van der Waals surface area contributed by atoms with Crippen LogP contribution in [-0.4, -0.2) is 54.4 Å². The maximum absolute atomic E-state index is 9.88. The van der Waals surface area contributed by atoms with Crippen LogP contribution < -0.4 is 9.64 Å². The summed E-state index contributed by atoms with van der Waals surface area (Å²) in [5, 5.41) is 20.3. The Hall–Kier alpha value is -2.82. The third kappa shape index (κ3) is 6.25. The van der Waals surface area contributed by atoms with Gasteiger partial charge in [-0.15, -0.1) is 0 Å². The molecule has 4 rings (SSSR count). The molecule has 0 spiro atoms. The van der Waals surface area contributed by atoms with Crippen molar-refractivity contribution in [2.75, 3.05) is 44.3 Å². The average molecular weight is 511 g/mol. The van der Waals surface area contributed by atoms with E-state index >= 15 is 0 Å². The van der Waals surface area contributed by atoms with E-state index in [1.54, 1.807) is 12.3 Å². The van der Waals surface area contributed by atoms with Gasteiger partial charge in [0, 0.05) is 49.0 Å². The first-order valence-electron chi connectivity index (χ1n) is 11.6. The van der Waals surface area contributed by atoms with Gasteiger partial charge in [0.2, 0.25) is 0 Å². The summed E-state index contributed by atoms with van der Waals surface area (Å²) in [4.78, 5) is 9.23. The number of hydrogen-bond acceptors (Lipinski definition) is 6. The van der Waals surface area contributed by atoms with Crippen LogP contribution in [0.3, 0.4) is 0 Å². The summed E-state index contributed by atoms with van der Waals surface area (Å²) in [5.74, 6) is 0.827. The smallest absolute Gasteiger partial charge is 0.120 e. The van der Waals surface area contributed by atoms with E-state index in [2.05, 4.69) is 39.9 Å². The Morgan fingerprint density at radius 2 is 1.89 bits per heavy atom. The van der Waals surface area contributed by atoms with E-state index in [-0.39, 0.29) is 25.2 Å². The lowest BCUT2D eigenvalue weighted by atomic mass is 9.98. The van der Waals surface area contributed by atoms with Gasteiger partial charge < -0.3 is 14.7 Å². The van der Waals surface area contributed by atoms with Crippen molar-refractivity contribution < 1.29 is 9.84 Å². The van der Waals surface area contributed by atoms with Crippen molar-refractivity contribution in [2.45, 2.75) is 18.9 Å². The lowest BCUT2D eigenvalue weighted by Crippen LogP contribution is -2.49. The fourth-order valence-electron chi connectivity index (χ4n) is 4.53. The Morgan fingerprint density at radius 3 is 2.57 bits per heavy atom. The molecule has 8 heteroatoms. The number of rotatable bonds is 8. The molecule has 0 aliphatic carbocycles. The molecule has 2 aromatic carbocycles. The van der Waals surface area contributed by atoms with Gasteiger partial charge in [0.25, 0.3) is 0 Å². The highest BCUT2D eigenvalue weighted by molar-refractivity contribution is 6.30. The minimum absolute atomic E-state index is 0.0442. The lowest BCUT2D eigenvalue weighted by Gasteiger charge is -2.44. The van der Waals surface area contributed by atoms with Crippen LogP contribution in [0.5, 0.6) is 5.75 Å². The summed E-state index contributed by atoms with van der Waals surface area (Å²) in [5.41, 5.74) is 3.58. The predicted molar refractivity (Wildman–Crippen MR) is 139 cm³/mol. The Balaban J connectivity index is 1.59. The molecular weight excluding hydrogens is 483 g/mol. The largest absolute Gasteiger partial charge is 0.491 e. The molecule has 2 atom stereocenters. The van der Waals surface area contributed by atoms with Crippen LogP contribution in [0.25, 0.3) is 0 Å². The number of nitrogens with zero attached hydrogens (tertiary/aromatic N) is 4. The van der Waals surface area contributed by atoms with Crippen molar-refractivity contribution in [1.29, 1.82) is 5.26 Å². The molecule has 1 aliphatic heterocycles. The second-order valence-electron chi connectivity index (χ2n) is 8.69. The van der Waals surface area contributed by atoms with Crippen molar-refractivity contribution in [1.82, 2.24) is 9.88 Å². The van der Waals surface area contributed by atoms with E-state index in [4.69, 9.17) is 33.0 Å². The minimum Gasteiger partial charge on any atom is -0.491 e. The van der Waals surface area contributed by atoms with Gasteiger partial charge in [-0.3, -0.25) is 9.88 Å². The topological polar surface area (TPSA) is 72.6 Å². The zero-order valence-electron chi connectivity index (χ0n) is 19.6. The van der Waals surface area contributed by atoms with E-state index in [0.29, 0.717) is 21.4 Å². The number of ether oxygens (including phenoxy) is 1. The maximum atomic E-state index is 9.88. The lowest BCUT2D eigenvalue weighted by molar-refractivity contribution is 0.201. The van der Waals surface area contributed by atoms with Crippen LogP contribution in [0.15, 0.2) is 60.8 Å². The van der Waals surface area contributed by atoms with Crippen LogP contribution in [-0.2, 0) is 0 Å². The summed E-state index contributed by atoms with van der Waals surface area (Å²) in [6.45, 7) is 5.58. The summed E-state index contributed by atoms with van der Waals surface area (Å²) < 4.78 is 5.52. The summed E-state index contributed by atoms with van der Waals surface area (Å²) in [6.07, 6.45) is 1.69. The van der Waals surface area contributed by atoms with E-state index in [0.717, 1.165) is 43.1 Å². The van der Waals surface area contributed by atoms with Crippen LogP contribution in [0.2, 0.25) is 10.0 Å². The number of pyridine rings is 1. The van der Waals surface area contributed by atoms with Crippen molar-refractivity contribution in [3.05, 3.63) is 87.7 Å². The number of aliphatic hydroxyl groups excluding tert-OH is 1. The van der Waals surface area contributed by atoms with E-state index in [1.807, 2.05) is 36.4 Å². The average Bonchev–Trinajstić information content (AvgIpc) is 2.88. The molecule has 1 N–H and O–H groups in total.